The Morgan fingerprint density at radius 2 is 1.48 bits per heavy atom. The molecule has 0 heterocycles. The number of benzene rings is 3. The van der Waals surface area contributed by atoms with Gasteiger partial charge >= 0.3 is 11.9 Å². The summed E-state index contributed by atoms with van der Waals surface area (Å²) < 4.78 is 16.1. The van der Waals surface area contributed by atoms with Crippen LogP contribution in [-0.4, -0.2) is 19.0 Å². The molecule has 0 aliphatic heterocycles. The van der Waals surface area contributed by atoms with E-state index < -0.39 is 11.9 Å². The van der Waals surface area contributed by atoms with E-state index in [0.717, 1.165) is 12.8 Å². The molecule has 0 fully saturated rings. The van der Waals surface area contributed by atoms with Crippen molar-refractivity contribution < 1.29 is 23.8 Å². The fourth-order valence-corrected chi connectivity index (χ4v) is 2.90. The molecule has 0 saturated carbocycles. The Balaban J connectivity index is 1.71. The van der Waals surface area contributed by atoms with E-state index in [2.05, 4.69) is 6.92 Å². The lowest BCUT2D eigenvalue weighted by atomic mass is 10.1. The maximum atomic E-state index is 12.5. The summed E-state index contributed by atoms with van der Waals surface area (Å²) in [5.74, 6) is -0.330. The monoisotopic (exact) mass is 415 g/mol. The number of nitrogens with zero attached hydrogens (tertiary/aromatic N) is 1. The minimum absolute atomic E-state index is 0.164. The number of carbonyl (C=O) groups excluding carboxylic acids is 2. The molecule has 31 heavy (non-hydrogen) atoms. The van der Waals surface area contributed by atoms with Crippen molar-refractivity contribution in [1.29, 1.82) is 5.26 Å². The summed E-state index contributed by atoms with van der Waals surface area (Å²) in [5.41, 5.74) is 2.16. The van der Waals surface area contributed by atoms with Gasteiger partial charge in [-0.3, -0.25) is 0 Å². The van der Waals surface area contributed by atoms with Gasteiger partial charge in [0.05, 0.1) is 29.9 Å². The molecule has 3 aromatic carbocycles. The van der Waals surface area contributed by atoms with Crippen molar-refractivity contribution in [3.05, 3.63) is 89.0 Å². The van der Waals surface area contributed by atoms with Gasteiger partial charge in [-0.1, -0.05) is 25.5 Å². The zero-order valence-electron chi connectivity index (χ0n) is 17.3. The smallest absolute Gasteiger partial charge is 0.343 e. The van der Waals surface area contributed by atoms with Crippen LogP contribution >= 0.6 is 0 Å². The standard InChI is InChI=1S/C25H21NO5/c1-3-4-17-7-12-21(13-8-17)30-25(28)20-11-14-22(23(15-20)29-2)31-24(27)19-9-5-18(16-26)6-10-19/h5-15H,3-4H2,1-2H3. The number of esters is 2. The normalized spacial score (nSPS) is 10.1. The number of hydrogen-bond acceptors (Lipinski definition) is 6. The molecule has 0 N–H and O–H groups in total. The zero-order chi connectivity index (χ0) is 22.2. The molecule has 0 aliphatic carbocycles. The summed E-state index contributed by atoms with van der Waals surface area (Å²) in [4.78, 5) is 24.9. The summed E-state index contributed by atoms with van der Waals surface area (Å²) in [6, 6.07) is 19.9. The van der Waals surface area contributed by atoms with Gasteiger partial charge in [-0.05, 0) is 66.6 Å². The van der Waals surface area contributed by atoms with Gasteiger partial charge in [0.25, 0.3) is 0 Å². The van der Waals surface area contributed by atoms with E-state index in [1.807, 2.05) is 18.2 Å². The molecule has 3 aromatic rings. The second-order valence-electron chi connectivity index (χ2n) is 6.73. The number of methoxy groups -OCH3 is 1. The van der Waals surface area contributed by atoms with Crippen LogP contribution in [0.25, 0.3) is 0 Å². The molecule has 0 saturated heterocycles. The molecule has 6 nitrogen and oxygen atoms in total. The Labute approximate surface area is 180 Å². The van der Waals surface area contributed by atoms with E-state index in [-0.39, 0.29) is 22.6 Å². The van der Waals surface area contributed by atoms with Gasteiger partial charge in [0.2, 0.25) is 0 Å². The molecule has 0 aliphatic rings. The van der Waals surface area contributed by atoms with Crippen molar-refractivity contribution in [2.24, 2.45) is 0 Å². The first kappa shape index (κ1) is 21.6. The van der Waals surface area contributed by atoms with E-state index in [9.17, 15) is 9.59 Å². The third kappa shape index (κ3) is 5.49. The highest BCUT2D eigenvalue weighted by molar-refractivity contribution is 5.93. The summed E-state index contributed by atoms with van der Waals surface area (Å²) in [6.45, 7) is 2.10. The van der Waals surface area contributed by atoms with Crippen LogP contribution in [0.15, 0.2) is 66.7 Å². The second-order valence-corrected chi connectivity index (χ2v) is 6.73. The molecule has 0 amide bonds. The average Bonchev–Trinajstić information content (AvgIpc) is 2.80. The van der Waals surface area contributed by atoms with Crippen molar-refractivity contribution in [3.8, 4) is 23.3 Å². The van der Waals surface area contributed by atoms with Crippen LogP contribution in [-0.2, 0) is 6.42 Å². The molecular formula is C25H21NO5. The molecule has 0 spiro atoms. The quantitative estimate of drug-likeness (QED) is 0.401. The largest absolute Gasteiger partial charge is 0.493 e. The van der Waals surface area contributed by atoms with Crippen LogP contribution in [0.1, 0.15) is 45.2 Å². The van der Waals surface area contributed by atoms with E-state index in [1.54, 1.807) is 12.1 Å². The first-order valence-corrected chi connectivity index (χ1v) is 9.75. The molecule has 0 radical (unpaired) electrons. The van der Waals surface area contributed by atoms with E-state index >= 15 is 0 Å². The molecule has 0 aromatic heterocycles. The lowest BCUT2D eigenvalue weighted by Crippen LogP contribution is -2.11. The number of nitriles is 1. The first-order valence-electron chi connectivity index (χ1n) is 9.75. The van der Waals surface area contributed by atoms with Gasteiger partial charge in [-0.15, -0.1) is 0 Å². The highest BCUT2D eigenvalue weighted by Gasteiger charge is 2.16. The number of ether oxygens (including phenoxy) is 3. The lowest BCUT2D eigenvalue weighted by molar-refractivity contribution is 0.0728. The topological polar surface area (TPSA) is 85.6 Å². The molecule has 0 bridgehead atoms. The lowest BCUT2D eigenvalue weighted by Gasteiger charge is -2.11. The van der Waals surface area contributed by atoms with E-state index in [1.165, 1.54) is 55.1 Å². The third-order valence-corrected chi connectivity index (χ3v) is 4.52. The zero-order valence-corrected chi connectivity index (χ0v) is 17.3. The predicted octanol–water partition coefficient (Wildman–Crippen LogP) is 4.96. The Kier molecular flexibility index (Phi) is 7.02. The fourth-order valence-electron chi connectivity index (χ4n) is 2.90. The van der Waals surface area contributed by atoms with Gasteiger partial charge in [0, 0.05) is 0 Å². The Morgan fingerprint density at radius 3 is 2.10 bits per heavy atom. The second kappa shape index (κ2) is 10.1. The highest BCUT2D eigenvalue weighted by Crippen LogP contribution is 2.29. The summed E-state index contributed by atoms with van der Waals surface area (Å²) in [6.07, 6.45) is 2.01. The summed E-state index contributed by atoms with van der Waals surface area (Å²) >= 11 is 0. The SMILES string of the molecule is CCCc1ccc(OC(=O)c2ccc(OC(=O)c3ccc(C#N)cc3)c(OC)c2)cc1. The van der Waals surface area contributed by atoms with Crippen molar-refractivity contribution in [2.45, 2.75) is 19.8 Å². The Hall–Kier alpha value is -4.11. The van der Waals surface area contributed by atoms with E-state index in [4.69, 9.17) is 19.5 Å². The van der Waals surface area contributed by atoms with Crippen molar-refractivity contribution in [1.82, 2.24) is 0 Å². The highest BCUT2D eigenvalue weighted by atomic mass is 16.6. The van der Waals surface area contributed by atoms with Gasteiger partial charge in [0.1, 0.15) is 5.75 Å². The Morgan fingerprint density at radius 1 is 0.839 bits per heavy atom. The number of rotatable bonds is 7. The minimum atomic E-state index is -0.606. The average molecular weight is 415 g/mol. The number of hydrogen-bond donors (Lipinski definition) is 0. The van der Waals surface area contributed by atoms with Gasteiger partial charge < -0.3 is 14.2 Å². The van der Waals surface area contributed by atoms with Crippen LogP contribution in [0, 0.1) is 11.3 Å². The minimum Gasteiger partial charge on any atom is -0.493 e. The van der Waals surface area contributed by atoms with Crippen LogP contribution in [0.4, 0.5) is 0 Å². The maximum absolute atomic E-state index is 12.5. The van der Waals surface area contributed by atoms with Crippen molar-refractivity contribution in [2.75, 3.05) is 7.11 Å². The van der Waals surface area contributed by atoms with Gasteiger partial charge in [-0.2, -0.15) is 5.26 Å². The van der Waals surface area contributed by atoms with Crippen molar-refractivity contribution in [3.63, 3.8) is 0 Å². The Bertz CT molecular complexity index is 1110. The molecule has 3 rings (SSSR count). The number of aryl methyl sites for hydroxylation is 1. The molecule has 156 valence electrons. The number of carbonyl (C=O) groups is 2. The van der Waals surface area contributed by atoms with Crippen LogP contribution in [0.5, 0.6) is 17.2 Å². The molecule has 0 atom stereocenters. The first-order chi connectivity index (χ1) is 15.0. The van der Waals surface area contributed by atoms with Crippen LogP contribution < -0.4 is 14.2 Å². The predicted molar refractivity (Wildman–Crippen MR) is 115 cm³/mol. The third-order valence-electron chi connectivity index (χ3n) is 4.52. The van der Waals surface area contributed by atoms with E-state index in [0.29, 0.717) is 11.3 Å². The van der Waals surface area contributed by atoms with Crippen LogP contribution in [0.2, 0.25) is 0 Å². The molecule has 0 unspecified atom stereocenters. The van der Waals surface area contributed by atoms with Crippen molar-refractivity contribution >= 4 is 11.9 Å². The van der Waals surface area contributed by atoms with Crippen LogP contribution in [0.3, 0.4) is 0 Å². The maximum Gasteiger partial charge on any atom is 0.343 e. The molecular weight excluding hydrogens is 394 g/mol. The molecule has 6 heteroatoms. The summed E-state index contributed by atoms with van der Waals surface area (Å²) in [7, 11) is 1.41. The van der Waals surface area contributed by atoms with Gasteiger partial charge in [-0.25, -0.2) is 9.59 Å². The van der Waals surface area contributed by atoms with Gasteiger partial charge in [0.15, 0.2) is 11.5 Å². The fraction of sp³-hybridized carbons (Fsp3) is 0.160. The summed E-state index contributed by atoms with van der Waals surface area (Å²) in [5, 5.41) is 8.85.